The summed E-state index contributed by atoms with van der Waals surface area (Å²) in [6.07, 6.45) is 1.72. The molecule has 9 heteroatoms. The summed E-state index contributed by atoms with van der Waals surface area (Å²) in [6, 6.07) is 3.85. The van der Waals surface area contributed by atoms with E-state index >= 15 is 0 Å². The number of benzene rings is 1. The van der Waals surface area contributed by atoms with E-state index < -0.39 is 0 Å². The SMILES string of the molecule is CCN(CC)CCN(C(=O)c1c(C)cnn1C)c1nc2c(C)c(Cl)ccc2s1.Cl. The summed E-state index contributed by atoms with van der Waals surface area (Å²) in [7, 11) is 1.80. The minimum Gasteiger partial charge on any atom is -0.302 e. The summed E-state index contributed by atoms with van der Waals surface area (Å²) >= 11 is 7.79. The van der Waals surface area contributed by atoms with Crippen LogP contribution in [0.25, 0.3) is 10.2 Å². The zero-order valence-corrected chi connectivity index (χ0v) is 19.8. The normalized spacial score (nSPS) is 11.1. The highest BCUT2D eigenvalue weighted by atomic mass is 35.5. The van der Waals surface area contributed by atoms with E-state index in [0.29, 0.717) is 22.4 Å². The van der Waals surface area contributed by atoms with Gasteiger partial charge < -0.3 is 4.90 Å². The average molecular weight is 456 g/mol. The monoisotopic (exact) mass is 455 g/mol. The van der Waals surface area contributed by atoms with E-state index in [1.807, 2.05) is 26.0 Å². The maximum absolute atomic E-state index is 13.5. The van der Waals surface area contributed by atoms with Crippen LogP contribution >= 0.6 is 35.3 Å². The van der Waals surface area contributed by atoms with Gasteiger partial charge in [-0.15, -0.1) is 12.4 Å². The number of aromatic nitrogens is 3. The molecule has 158 valence electrons. The lowest BCUT2D eigenvalue weighted by atomic mass is 10.2. The Morgan fingerprint density at radius 2 is 1.90 bits per heavy atom. The first-order chi connectivity index (χ1) is 13.4. The van der Waals surface area contributed by atoms with Crippen molar-refractivity contribution in [3.63, 3.8) is 0 Å². The van der Waals surface area contributed by atoms with Crippen molar-refractivity contribution in [2.45, 2.75) is 27.7 Å². The summed E-state index contributed by atoms with van der Waals surface area (Å²) in [5, 5.41) is 5.61. The molecule has 1 aromatic carbocycles. The summed E-state index contributed by atoms with van der Waals surface area (Å²) in [4.78, 5) is 22.3. The van der Waals surface area contributed by atoms with Crippen molar-refractivity contribution in [2.75, 3.05) is 31.1 Å². The first-order valence-corrected chi connectivity index (χ1v) is 10.6. The number of likely N-dealkylation sites (N-methyl/N-ethyl adjacent to an activating group) is 1. The molecule has 3 aromatic rings. The van der Waals surface area contributed by atoms with Gasteiger partial charge in [-0.3, -0.25) is 14.4 Å². The quantitative estimate of drug-likeness (QED) is 0.517. The molecule has 0 spiro atoms. The van der Waals surface area contributed by atoms with E-state index in [4.69, 9.17) is 16.6 Å². The Morgan fingerprint density at radius 3 is 2.48 bits per heavy atom. The highest BCUT2D eigenvalue weighted by Crippen LogP contribution is 2.34. The molecule has 0 unspecified atom stereocenters. The summed E-state index contributed by atoms with van der Waals surface area (Å²) in [5.41, 5.74) is 3.25. The van der Waals surface area contributed by atoms with Crippen LogP contribution in [-0.2, 0) is 7.05 Å². The fraction of sp³-hybridized carbons (Fsp3) is 0.450. The highest BCUT2D eigenvalue weighted by Gasteiger charge is 2.26. The molecular formula is C20H27Cl2N5OS. The van der Waals surface area contributed by atoms with Crippen LogP contribution in [0.15, 0.2) is 18.3 Å². The standard InChI is InChI=1S/C20H26ClN5OS.ClH/c1-6-25(7-2)10-11-26(19(27)18-13(3)12-22-24(18)5)20-23-17-14(4)15(21)8-9-16(17)28-20;/h8-9,12H,6-7,10-11H2,1-5H3;1H. The lowest BCUT2D eigenvalue weighted by Gasteiger charge is -2.25. The van der Waals surface area contributed by atoms with Gasteiger partial charge in [0.05, 0.1) is 16.4 Å². The van der Waals surface area contributed by atoms with Crippen LogP contribution in [0.5, 0.6) is 0 Å². The first kappa shape index (κ1) is 23.6. The third-order valence-electron chi connectivity index (χ3n) is 5.07. The predicted octanol–water partition coefficient (Wildman–Crippen LogP) is 4.71. The number of nitrogens with zero attached hydrogens (tertiary/aromatic N) is 5. The van der Waals surface area contributed by atoms with E-state index in [9.17, 15) is 4.79 Å². The van der Waals surface area contributed by atoms with Crippen molar-refractivity contribution in [3.05, 3.63) is 40.2 Å². The number of carbonyl (C=O) groups excluding carboxylic acids is 1. The second kappa shape index (κ2) is 9.89. The average Bonchev–Trinajstić information content (AvgIpc) is 3.25. The van der Waals surface area contributed by atoms with Gasteiger partial charge in [0.25, 0.3) is 5.91 Å². The molecule has 0 aliphatic rings. The number of aryl methyl sites for hydroxylation is 3. The molecule has 0 radical (unpaired) electrons. The molecule has 3 rings (SSSR count). The Bertz CT molecular complexity index is 977. The summed E-state index contributed by atoms with van der Waals surface area (Å²) < 4.78 is 2.66. The Kier molecular flexibility index (Phi) is 8.05. The number of fused-ring (bicyclic) bond motifs is 1. The van der Waals surface area contributed by atoms with Crippen molar-refractivity contribution in [1.82, 2.24) is 19.7 Å². The van der Waals surface area contributed by atoms with Crippen LogP contribution < -0.4 is 4.90 Å². The molecule has 0 N–H and O–H groups in total. The van der Waals surface area contributed by atoms with Crippen LogP contribution in [0.2, 0.25) is 5.02 Å². The highest BCUT2D eigenvalue weighted by molar-refractivity contribution is 7.22. The number of amides is 1. The number of thiazole rings is 1. The Balaban J connectivity index is 0.00000300. The minimum atomic E-state index is -0.0764. The van der Waals surface area contributed by atoms with Crippen LogP contribution in [0.4, 0.5) is 5.13 Å². The first-order valence-electron chi connectivity index (χ1n) is 9.45. The van der Waals surface area contributed by atoms with Crippen molar-refractivity contribution in [1.29, 1.82) is 0 Å². The summed E-state index contributed by atoms with van der Waals surface area (Å²) in [6.45, 7) is 11.4. The van der Waals surface area contributed by atoms with Gasteiger partial charge in [-0.2, -0.15) is 5.10 Å². The molecule has 0 fully saturated rings. The van der Waals surface area contributed by atoms with Gasteiger partial charge in [0.15, 0.2) is 5.13 Å². The van der Waals surface area contributed by atoms with Crippen molar-refractivity contribution >= 4 is 56.6 Å². The molecule has 0 saturated carbocycles. The minimum absolute atomic E-state index is 0. The Labute approximate surface area is 186 Å². The van der Waals surface area contributed by atoms with Gasteiger partial charge >= 0.3 is 0 Å². The van der Waals surface area contributed by atoms with Gasteiger partial charge in [0.1, 0.15) is 5.69 Å². The van der Waals surface area contributed by atoms with Crippen LogP contribution in [0.1, 0.15) is 35.5 Å². The lowest BCUT2D eigenvalue weighted by molar-refractivity contribution is 0.0974. The molecule has 2 aromatic heterocycles. The molecular weight excluding hydrogens is 429 g/mol. The van der Waals surface area contributed by atoms with Crippen LogP contribution in [0, 0.1) is 13.8 Å². The smallest absolute Gasteiger partial charge is 0.278 e. The molecule has 0 bridgehead atoms. The van der Waals surface area contributed by atoms with E-state index in [-0.39, 0.29) is 18.3 Å². The van der Waals surface area contributed by atoms with Crippen LogP contribution in [0.3, 0.4) is 0 Å². The summed E-state index contributed by atoms with van der Waals surface area (Å²) in [5.74, 6) is -0.0764. The largest absolute Gasteiger partial charge is 0.302 e. The van der Waals surface area contributed by atoms with Crippen molar-refractivity contribution < 1.29 is 4.79 Å². The molecule has 1 amide bonds. The van der Waals surface area contributed by atoms with E-state index in [0.717, 1.165) is 41.0 Å². The molecule has 0 aliphatic heterocycles. The zero-order chi connectivity index (χ0) is 20.4. The third-order valence-corrected chi connectivity index (χ3v) is 6.52. The Hall–Kier alpha value is -1.67. The van der Waals surface area contributed by atoms with Crippen LogP contribution in [-0.4, -0.2) is 51.8 Å². The van der Waals surface area contributed by atoms with Gasteiger partial charge in [0.2, 0.25) is 0 Å². The maximum Gasteiger partial charge on any atom is 0.278 e. The van der Waals surface area contributed by atoms with Crippen molar-refractivity contribution in [3.8, 4) is 0 Å². The topological polar surface area (TPSA) is 54.3 Å². The number of halogens is 2. The Morgan fingerprint density at radius 1 is 1.21 bits per heavy atom. The van der Waals surface area contributed by atoms with E-state index in [1.54, 1.807) is 22.8 Å². The lowest BCUT2D eigenvalue weighted by Crippen LogP contribution is -2.39. The second-order valence-corrected chi connectivity index (χ2v) is 8.22. The number of anilines is 1. The number of rotatable bonds is 7. The predicted molar refractivity (Wildman–Crippen MR) is 124 cm³/mol. The fourth-order valence-corrected chi connectivity index (χ4v) is 4.45. The number of carbonyl (C=O) groups is 1. The maximum atomic E-state index is 13.5. The van der Waals surface area contributed by atoms with Gasteiger partial charge in [0, 0.05) is 25.2 Å². The third kappa shape index (κ3) is 4.74. The number of hydrogen-bond acceptors (Lipinski definition) is 5. The zero-order valence-electron chi connectivity index (χ0n) is 17.4. The van der Waals surface area contributed by atoms with Gasteiger partial charge in [-0.05, 0) is 50.2 Å². The van der Waals surface area contributed by atoms with Gasteiger partial charge in [-0.1, -0.05) is 36.8 Å². The molecule has 2 heterocycles. The van der Waals surface area contributed by atoms with Crippen molar-refractivity contribution in [2.24, 2.45) is 7.05 Å². The van der Waals surface area contributed by atoms with E-state index in [2.05, 4.69) is 23.8 Å². The number of hydrogen-bond donors (Lipinski definition) is 0. The molecule has 6 nitrogen and oxygen atoms in total. The molecule has 29 heavy (non-hydrogen) atoms. The van der Waals surface area contributed by atoms with E-state index in [1.165, 1.54) is 11.3 Å². The van der Waals surface area contributed by atoms with Gasteiger partial charge in [-0.25, -0.2) is 4.98 Å². The molecule has 0 aliphatic carbocycles. The second-order valence-electron chi connectivity index (χ2n) is 6.80. The fourth-order valence-electron chi connectivity index (χ4n) is 3.25. The molecule has 0 saturated heterocycles. The molecule has 0 atom stereocenters.